The van der Waals surface area contributed by atoms with Gasteiger partial charge < -0.3 is 5.73 Å². The van der Waals surface area contributed by atoms with Gasteiger partial charge in [-0.15, -0.1) is 0 Å². The van der Waals surface area contributed by atoms with Gasteiger partial charge in [-0.2, -0.15) is 0 Å². The van der Waals surface area contributed by atoms with Gasteiger partial charge in [0.2, 0.25) is 5.91 Å². The van der Waals surface area contributed by atoms with Crippen LogP contribution in [0.5, 0.6) is 0 Å². The largest absolute Gasteiger partial charge is 0.326 e. The summed E-state index contributed by atoms with van der Waals surface area (Å²) in [6.45, 7) is 6.67. The number of nitrogens with zero attached hydrogens (tertiary/aromatic N) is 2. The molecule has 0 aromatic rings. The van der Waals surface area contributed by atoms with Crippen molar-refractivity contribution in [2.45, 2.75) is 39.2 Å². The minimum atomic E-state index is 0.0522. The summed E-state index contributed by atoms with van der Waals surface area (Å²) >= 11 is 0. The molecule has 0 radical (unpaired) electrons. The number of nitrogens with two attached hydrogens (primary N) is 1. The van der Waals surface area contributed by atoms with Crippen LogP contribution >= 0.6 is 0 Å². The van der Waals surface area contributed by atoms with Crippen molar-refractivity contribution in [3.05, 3.63) is 0 Å². The van der Waals surface area contributed by atoms with Crippen molar-refractivity contribution in [1.82, 2.24) is 10.0 Å². The number of hydrazine groups is 1. The molecule has 0 spiro atoms. The van der Waals surface area contributed by atoms with Crippen LogP contribution in [0.2, 0.25) is 0 Å². The molecule has 0 bridgehead atoms. The summed E-state index contributed by atoms with van der Waals surface area (Å²) in [7, 11) is 0. The quantitative estimate of drug-likeness (QED) is 0.720. The lowest BCUT2D eigenvalue weighted by atomic mass is 10.2. The molecule has 14 heavy (non-hydrogen) atoms. The molecule has 4 nitrogen and oxygen atoms in total. The van der Waals surface area contributed by atoms with Gasteiger partial charge in [0.1, 0.15) is 0 Å². The molecule has 1 atom stereocenters. The van der Waals surface area contributed by atoms with E-state index < -0.39 is 0 Å². The van der Waals surface area contributed by atoms with Gasteiger partial charge in [-0.1, -0.05) is 6.92 Å². The number of amides is 1. The molecule has 82 valence electrons. The first-order valence-corrected chi connectivity index (χ1v) is 5.46. The van der Waals surface area contributed by atoms with Crippen LogP contribution in [0.15, 0.2) is 0 Å². The summed E-state index contributed by atoms with van der Waals surface area (Å²) in [6, 6.07) is 0.0522. The van der Waals surface area contributed by atoms with Gasteiger partial charge in [-0.3, -0.25) is 9.80 Å². The van der Waals surface area contributed by atoms with Gasteiger partial charge in [0.25, 0.3) is 0 Å². The van der Waals surface area contributed by atoms with Gasteiger partial charge in [0, 0.05) is 25.6 Å². The van der Waals surface area contributed by atoms with E-state index in [-0.39, 0.29) is 11.9 Å². The summed E-state index contributed by atoms with van der Waals surface area (Å²) in [6.07, 6.45) is 2.73. The first-order valence-electron chi connectivity index (χ1n) is 5.46. The highest BCUT2D eigenvalue weighted by molar-refractivity contribution is 5.76. The van der Waals surface area contributed by atoms with Gasteiger partial charge in [-0.25, -0.2) is 5.01 Å². The Kier molecular flexibility index (Phi) is 4.35. The minimum absolute atomic E-state index is 0.0522. The van der Waals surface area contributed by atoms with E-state index in [0.717, 1.165) is 25.9 Å². The third kappa shape index (κ3) is 2.96. The molecular formula is C10H21N3O. The molecule has 1 unspecified atom stereocenters. The maximum absolute atomic E-state index is 11.6. The summed E-state index contributed by atoms with van der Waals surface area (Å²) in [5, 5.41) is 3.97. The van der Waals surface area contributed by atoms with Crippen molar-refractivity contribution in [1.29, 1.82) is 0 Å². The van der Waals surface area contributed by atoms with Crippen molar-refractivity contribution in [3.8, 4) is 0 Å². The van der Waals surface area contributed by atoms with Crippen LogP contribution in [0.3, 0.4) is 0 Å². The maximum Gasteiger partial charge on any atom is 0.236 e. The molecule has 1 rings (SSSR count). The summed E-state index contributed by atoms with van der Waals surface area (Å²) in [4.78, 5) is 11.6. The molecule has 0 aromatic heterocycles. The zero-order valence-corrected chi connectivity index (χ0v) is 9.20. The first-order chi connectivity index (χ1) is 6.65. The summed E-state index contributed by atoms with van der Waals surface area (Å²) < 4.78 is 0. The van der Waals surface area contributed by atoms with Gasteiger partial charge in [0.15, 0.2) is 0 Å². The highest BCUT2D eigenvalue weighted by Gasteiger charge is 2.25. The number of carbonyl (C=O) groups is 1. The summed E-state index contributed by atoms with van der Waals surface area (Å²) in [5.41, 5.74) is 5.72. The zero-order chi connectivity index (χ0) is 10.6. The van der Waals surface area contributed by atoms with Crippen LogP contribution in [-0.2, 0) is 4.79 Å². The third-order valence-electron chi connectivity index (χ3n) is 2.38. The van der Waals surface area contributed by atoms with Crippen LogP contribution in [0, 0.1) is 0 Å². The van der Waals surface area contributed by atoms with Crippen molar-refractivity contribution in [2.24, 2.45) is 5.73 Å². The standard InChI is InChI=1S/C10H21N3O/c1-3-6-12-7-4-5-10(14)13(12)8-9(2)11/h9H,3-8,11H2,1-2H3. The highest BCUT2D eigenvalue weighted by Crippen LogP contribution is 2.12. The fourth-order valence-corrected chi connectivity index (χ4v) is 1.80. The van der Waals surface area contributed by atoms with E-state index in [0.29, 0.717) is 13.0 Å². The average Bonchev–Trinajstić information content (AvgIpc) is 2.11. The number of hydrogen-bond donors (Lipinski definition) is 1. The second-order valence-corrected chi connectivity index (χ2v) is 4.01. The Balaban J connectivity index is 2.56. The Hall–Kier alpha value is -0.610. The monoisotopic (exact) mass is 199 g/mol. The lowest BCUT2D eigenvalue weighted by molar-refractivity contribution is -0.156. The predicted molar refractivity (Wildman–Crippen MR) is 56.5 cm³/mol. The normalized spacial score (nSPS) is 21.4. The first kappa shape index (κ1) is 11.5. The van der Waals surface area contributed by atoms with Gasteiger partial charge >= 0.3 is 0 Å². The topological polar surface area (TPSA) is 49.6 Å². The minimum Gasteiger partial charge on any atom is -0.326 e. The van der Waals surface area contributed by atoms with E-state index in [2.05, 4.69) is 11.9 Å². The SMILES string of the molecule is CCCN1CCCC(=O)N1CC(C)N. The Bertz CT molecular complexity index is 192. The van der Waals surface area contributed by atoms with Crippen LogP contribution in [0.25, 0.3) is 0 Å². The molecule has 1 fully saturated rings. The Morgan fingerprint density at radius 1 is 1.57 bits per heavy atom. The van der Waals surface area contributed by atoms with Crippen LogP contribution in [-0.4, -0.2) is 41.6 Å². The Labute approximate surface area is 86.0 Å². The van der Waals surface area contributed by atoms with E-state index in [1.807, 2.05) is 11.9 Å². The molecule has 2 N–H and O–H groups in total. The van der Waals surface area contributed by atoms with Gasteiger partial charge in [-0.05, 0) is 19.8 Å². The van der Waals surface area contributed by atoms with Crippen molar-refractivity contribution in [3.63, 3.8) is 0 Å². The highest BCUT2D eigenvalue weighted by atomic mass is 16.2. The molecule has 4 heteroatoms. The van der Waals surface area contributed by atoms with E-state index in [4.69, 9.17) is 5.73 Å². The predicted octanol–water partition coefficient (Wildman–Crippen LogP) is 0.583. The molecule has 0 saturated carbocycles. The van der Waals surface area contributed by atoms with Crippen molar-refractivity contribution < 1.29 is 4.79 Å². The van der Waals surface area contributed by atoms with E-state index >= 15 is 0 Å². The van der Waals surface area contributed by atoms with Gasteiger partial charge in [0.05, 0.1) is 6.54 Å². The van der Waals surface area contributed by atoms with E-state index in [1.54, 1.807) is 0 Å². The fourth-order valence-electron chi connectivity index (χ4n) is 1.80. The number of carbonyl (C=O) groups excluding carboxylic acids is 1. The maximum atomic E-state index is 11.6. The zero-order valence-electron chi connectivity index (χ0n) is 9.20. The average molecular weight is 199 g/mol. The molecule has 1 saturated heterocycles. The van der Waals surface area contributed by atoms with Crippen molar-refractivity contribution in [2.75, 3.05) is 19.6 Å². The molecule has 1 aliphatic heterocycles. The molecule has 0 aliphatic carbocycles. The number of hydrogen-bond acceptors (Lipinski definition) is 3. The van der Waals surface area contributed by atoms with Crippen LogP contribution in [0.1, 0.15) is 33.1 Å². The molecular weight excluding hydrogens is 178 g/mol. The molecule has 1 aliphatic rings. The third-order valence-corrected chi connectivity index (χ3v) is 2.38. The van der Waals surface area contributed by atoms with Crippen LogP contribution in [0.4, 0.5) is 0 Å². The lowest BCUT2D eigenvalue weighted by Gasteiger charge is -2.39. The second kappa shape index (κ2) is 5.32. The summed E-state index contributed by atoms with van der Waals surface area (Å²) in [5.74, 6) is 0.224. The fraction of sp³-hybridized carbons (Fsp3) is 0.900. The Morgan fingerprint density at radius 2 is 2.29 bits per heavy atom. The molecule has 1 amide bonds. The number of rotatable bonds is 4. The molecule has 1 heterocycles. The smallest absolute Gasteiger partial charge is 0.236 e. The van der Waals surface area contributed by atoms with E-state index in [1.165, 1.54) is 0 Å². The molecule has 0 aromatic carbocycles. The lowest BCUT2D eigenvalue weighted by Crippen LogP contribution is -2.54. The Morgan fingerprint density at radius 3 is 2.86 bits per heavy atom. The second-order valence-electron chi connectivity index (χ2n) is 4.01. The van der Waals surface area contributed by atoms with E-state index in [9.17, 15) is 4.79 Å². The van der Waals surface area contributed by atoms with Crippen molar-refractivity contribution >= 4 is 5.91 Å². The van der Waals surface area contributed by atoms with Crippen LogP contribution < -0.4 is 5.73 Å².